The molecule has 2 amide bonds. The summed E-state index contributed by atoms with van der Waals surface area (Å²) >= 11 is 0. The third kappa shape index (κ3) is 4.37. The molecule has 1 atom stereocenters. The Hall–Kier alpha value is -2.40. The van der Waals surface area contributed by atoms with Crippen LogP contribution in [0.2, 0.25) is 0 Å². The summed E-state index contributed by atoms with van der Waals surface area (Å²) < 4.78 is 0. The van der Waals surface area contributed by atoms with Gasteiger partial charge in [-0.25, -0.2) is 0 Å². The van der Waals surface area contributed by atoms with E-state index in [2.05, 4.69) is 10.6 Å². The molecular weight excluding hydrogens is 316 g/mol. The van der Waals surface area contributed by atoms with Crippen LogP contribution in [0.3, 0.4) is 0 Å². The first-order chi connectivity index (χ1) is 12.2. The molecule has 132 valence electrons. The predicted molar refractivity (Wildman–Crippen MR) is 97.3 cm³/mol. The van der Waals surface area contributed by atoms with E-state index < -0.39 is 12.6 Å². The summed E-state index contributed by atoms with van der Waals surface area (Å²) in [5, 5.41) is 17.1. The van der Waals surface area contributed by atoms with E-state index in [1.165, 1.54) is 6.42 Å². The monoisotopic (exact) mass is 340 g/mol. The van der Waals surface area contributed by atoms with Crippen LogP contribution in [-0.2, 0) is 4.79 Å². The van der Waals surface area contributed by atoms with Gasteiger partial charge in [-0.2, -0.15) is 0 Å². The molecule has 0 radical (unpaired) electrons. The number of fused-ring (bicyclic) bond motifs is 1. The van der Waals surface area contributed by atoms with Gasteiger partial charge in [0, 0.05) is 11.6 Å². The van der Waals surface area contributed by atoms with Gasteiger partial charge in [0.2, 0.25) is 5.91 Å². The van der Waals surface area contributed by atoms with Gasteiger partial charge in [0.05, 0.1) is 6.61 Å². The maximum absolute atomic E-state index is 12.5. The smallest absolute Gasteiger partial charge is 0.252 e. The number of nitrogens with one attached hydrogen (secondary N) is 2. The maximum atomic E-state index is 12.5. The predicted octanol–water partition coefficient (Wildman–Crippen LogP) is 2.38. The number of benzene rings is 2. The van der Waals surface area contributed by atoms with Crippen LogP contribution >= 0.6 is 0 Å². The SMILES string of the molecule is O=C(NC(CO)C(=O)NC1CCCCC1)c1ccc2ccccc2c1. The number of rotatable bonds is 5. The third-order valence-corrected chi connectivity index (χ3v) is 4.77. The van der Waals surface area contributed by atoms with Crippen LogP contribution < -0.4 is 10.6 Å². The van der Waals surface area contributed by atoms with E-state index in [1.807, 2.05) is 30.3 Å². The van der Waals surface area contributed by atoms with Crippen molar-refractivity contribution in [2.24, 2.45) is 0 Å². The van der Waals surface area contributed by atoms with Crippen LogP contribution in [0.4, 0.5) is 0 Å². The van der Waals surface area contributed by atoms with Crippen molar-refractivity contribution in [3.05, 3.63) is 48.0 Å². The average Bonchev–Trinajstić information content (AvgIpc) is 2.66. The van der Waals surface area contributed by atoms with Gasteiger partial charge >= 0.3 is 0 Å². The summed E-state index contributed by atoms with van der Waals surface area (Å²) in [6, 6.07) is 12.4. The fraction of sp³-hybridized carbons (Fsp3) is 0.400. The summed E-state index contributed by atoms with van der Waals surface area (Å²) in [4.78, 5) is 24.8. The quantitative estimate of drug-likeness (QED) is 0.782. The first-order valence-electron chi connectivity index (χ1n) is 8.88. The van der Waals surface area contributed by atoms with Crippen molar-refractivity contribution < 1.29 is 14.7 Å². The van der Waals surface area contributed by atoms with E-state index in [4.69, 9.17) is 0 Å². The van der Waals surface area contributed by atoms with E-state index in [-0.39, 0.29) is 17.9 Å². The Bertz CT molecular complexity index is 753. The zero-order valence-electron chi connectivity index (χ0n) is 14.2. The van der Waals surface area contributed by atoms with Crippen molar-refractivity contribution in [2.75, 3.05) is 6.61 Å². The Morgan fingerprint density at radius 1 is 1.04 bits per heavy atom. The van der Waals surface area contributed by atoms with Crippen LogP contribution in [-0.4, -0.2) is 35.6 Å². The van der Waals surface area contributed by atoms with Crippen LogP contribution in [0, 0.1) is 0 Å². The van der Waals surface area contributed by atoms with Crippen molar-refractivity contribution in [3.63, 3.8) is 0 Å². The van der Waals surface area contributed by atoms with Crippen molar-refractivity contribution in [1.29, 1.82) is 0 Å². The Morgan fingerprint density at radius 3 is 2.48 bits per heavy atom. The van der Waals surface area contributed by atoms with Gasteiger partial charge in [-0.1, -0.05) is 49.6 Å². The molecule has 3 N–H and O–H groups in total. The molecule has 1 aliphatic carbocycles. The van der Waals surface area contributed by atoms with E-state index in [0.717, 1.165) is 36.5 Å². The van der Waals surface area contributed by atoms with Crippen LogP contribution in [0.25, 0.3) is 10.8 Å². The molecule has 3 rings (SSSR count). The van der Waals surface area contributed by atoms with Crippen LogP contribution in [0.1, 0.15) is 42.5 Å². The number of carbonyl (C=O) groups excluding carboxylic acids is 2. The number of hydrogen-bond donors (Lipinski definition) is 3. The molecule has 0 aliphatic heterocycles. The van der Waals surface area contributed by atoms with Gasteiger partial charge in [-0.05, 0) is 35.7 Å². The molecule has 5 nitrogen and oxygen atoms in total. The number of hydrogen-bond acceptors (Lipinski definition) is 3. The highest BCUT2D eigenvalue weighted by Crippen LogP contribution is 2.18. The molecule has 1 unspecified atom stereocenters. The van der Waals surface area contributed by atoms with Crippen molar-refractivity contribution in [3.8, 4) is 0 Å². The first kappa shape index (κ1) is 17.4. The lowest BCUT2D eigenvalue weighted by Crippen LogP contribution is -2.51. The maximum Gasteiger partial charge on any atom is 0.252 e. The lowest BCUT2D eigenvalue weighted by Gasteiger charge is -2.25. The largest absolute Gasteiger partial charge is 0.394 e. The minimum absolute atomic E-state index is 0.146. The zero-order chi connectivity index (χ0) is 17.6. The second kappa shape index (κ2) is 8.12. The molecule has 5 heteroatoms. The summed E-state index contributed by atoms with van der Waals surface area (Å²) in [7, 11) is 0. The zero-order valence-corrected chi connectivity index (χ0v) is 14.2. The summed E-state index contributed by atoms with van der Waals surface area (Å²) in [5.41, 5.74) is 0.475. The van der Waals surface area contributed by atoms with Gasteiger partial charge in [0.1, 0.15) is 6.04 Å². The van der Waals surface area contributed by atoms with Gasteiger partial charge in [-0.15, -0.1) is 0 Å². The van der Waals surface area contributed by atoms with Gasteiger partial charge in [-0.3, -0.25) is 9.59 Å². The Balaban J connectivity index is 1.64. The average molecular weight is 340 g/mol. The number of aliphatic hydroxyl groups is 1. The molecule has 0 aromatic heterocycles. The minimum Gasteiger partial charge on any atom is -0.394 e. The molecule has 2 aromatic carbocycles. The van der Waals surface area contributed by atoms with Crippen molar-refractivity contribution in [1.82, 2.24) is 10.6 Å². The van der Waals surface area contributed by atoms with E-state index >= 15 is 0 Å². The number of aliphatic hydroxyl groups excluding tert-OH is 1. The summed E-state index contributed by atoms with van der Waals surface area (Å²) in [6.45, 7) is -0.419. The molecule has 1 saturated carbocycles. The molecule has 0 spiro atoms. The summed E-state index contributed by atoms with van der Waals surface area (Å²) in [6.07, 6.45) is 5.34. The fourth-order valence-corrected chi connectivity index (χ4v) is 3.31. The standard InChI is InChI=1S/C20H24N2O3/c23-13-18(20(25)21-17-8-2-1-3-9-17)22-19(24)16-11-10-14-6-4-5-7-15(14)12-16/h4-7,10-12,17-18,23H,1-3,8-9,13H2,(H,21,25)(H,22,24). The number of amides is 2. The number of carbonyl (C=O) groups is 2. The normalized spacial score (nSPS) is 16.4. The second-order valence-electron chi connectivity index (χ2n) is 6.61. The molecule has 2 aromatic rings. The Morgan fingerprint density at radius 2 is 1.76 bits per heavy atom. The molecule has 0 heterocycles. The second-order valence-corrected chi connectivity index (χ2v) is 6.61. The third-order valence-electron chi connectivity index (χ3n) is 4.77. The van der Waals surface area contributed by atoms with Crippen molar-refractivity contribution in [2.45, 2.75) is 44.2 Å². The van der Waals surface area contributed by atoms with Crippen LogP contribution in [0.5, 0.6) is 0 Å². The van der Waals surface area contributed by atoms with E-state index in [9.17, 15) is 14.7 Å². The molecule has 1 aliphatic rings. The van der Waals surface area contributed by atoms with Crippen LogP contribution in [0.15, 0.2) is 42.5 Å². The van der Waals surface area contributed by atoms with E-state index in [1.54, 1.807) is 12.1 Å². The Kier molecular flexibility index (Phi) is 5.66. The molecule has 1 fully saturated rings. The lowest BCUT2D eigenvalue weighted by molar-refractivity contribution is -0.124. The fourth-order valence-electron chi connectivity index (χ4n) is 3.31. The minimum atomic E-state index is -0.930. The van der Waals surface area contributed by atoms with Gasteiger partial charge in [0.15, 0.2) is 0 Å². The van der Waals surface area contributed by atoms with Crippen molar-refractivity contribution >= 4 is 22.6 Å². The molecule has 0 saturated heterocycles. The highest BCUT2D eigenvalue weighted by Gasteiger charge is 2.24. The molecular formula is C20H24N2O3. The first-order valence-corrected chi connectivity index (χ1v) is 8.88. The highest BCUT2D eigenvalue weighted by atomic mass is 16.3. The lowest BCUT2D eigenvalue weighted by atomic mass is 9.95. The molecule has 0 bridgehead atoms. The molecule has 25 heavy (non-hydrogen) atoms. The van der Waals surface area contributed by atoms with E-state index in [0.29, 0.717) is 5.56 Å². The Labute approximate surface area is 147 Å². The topological polar surface area (TPSA) is 78.4 Å². The summed E-state index contributed by atoms with van der Waals surface area (Å²) in [5.74, 6) is -0.674. The van der Waals surface area contributed by atoms with Gasteiger partial charge < -0.3 is 15.7 Å². The highest BCUT2D eigenvalue weighted by molar-refractivity contribution is 6.00. The van der Waals surface area contributed by atoms with Gasteiger partial charge in [0.25, 0.3) is 5.91 Å².